The summed E-state index contributed by atoms with van der Waals surface area (Å²) >= 11 is 0. The molecule has 0 spiro atoms. The van der Waals surface area contributed by atoms with Crippen LogP contribution in [0.25, 0.3) is 0 Å². The fourth-order valence-electron chi connectivity index (χ4n) is 2.26. The molecule has 0 aromatic heterocycles. The zero-order valence-corrected chi connectivity index (χ0v) is 11.6. The van der Waals surface area contributed by atoms with E-state index in [4.69, 9.17) is 0 Å². The third-order valence-electron chi connectivity index (χ3n) is 3.57. The molecule has 0 atom stereocenters. The summed E-state index contributed by atoms with van der Waals surface area (Å²) in [6.45, 7) is 12.4. The Bertz CT molecular complexity index is 364. The highest BCUT2D eigenvalue weighted by molar-refractivity contribution is 5.40. The van der Waals surface area contributed by atoms with E-state index in [1.54, 1.807) is 0 Å². The Labute approximate surface area is 100 Å². The van der Waals surface area contributed by atoms with Crippen LogP contribution in [0.15, 0.2) is 12.1 Å². The Balaban J connectivity index is 3.07. The molecular formula is C15H25N. The van der Waals surface area contributed by atoms with Crippen LogP contribution >= 0.6 is 0 Å². The Hall–Kier alpha value is -0.820. The summed E-state index contributed by atoms with van der Waals surface area (Å²) in [5.41, 5.74) is 5.96. The second-order valence-electron chi connectivity index (χ2n) is 5.49. The van der Waals surface area contributed by atoms with Gasteiger partial charge in [-0.05, 0) is 68.5 Å². The Morgan fingerprint density at radius 1 is 1.00 bits per heavy atom. The summed E-state index contributed by atoms with van der Waals surface area (Å²) in [7, 11) is 2.02. The molecule has 0 bridgehead atoms. The summed E-state index contributed by atoms with van der Waals surface area (Å²) in [5, 5.41) is 3.24. The lowest BCUT2D eigenvalue weighted by atomic mass is 9.78. The van der Waals surface area contributed by atoms with E-state index >= 15 is 0 Å². The smallest absolute Gasteiger partial charge is 0.00436 e. The van der Waals surface area contributed by atoms with E-state index in [2.05, 4.69) is 52.1 Å². The third kappa shape index (κ3) is 2.85. The van der Waals surface area contributed by atoms with Crippen LogP contribution in [0.2, 0.25) is 0 Å². The van der Waals surface area contributed by atoms with Gasteiger partial charge in [0.2, 0.25) is 0 Å². The van der Waals surface area contributed by atoms with Crippen LogP contribution in [0, 0.1) is 20.8 Å². The maximum absolute atomic E-state index is 3.24. The second-order valence-corrected chi connectivity index (χ2v) is 5.49. The minimum atomic E-state index is 0.256. The zero-order valence-electron chi connectivity index (χ0n) is 11.6. The highest BCUT2D eigenvalue weighted by atomic mass is 14.8. The Morgan fingerprint density at radius 2 is 1.56 bits per heavy atom. The fraction of sp³-hybridized carbons (Fsp3) is 0.600. The molecule has 1 heteroatoms. The topological polar surface area (TPSA) is 12.0 Å². The standard InChI is InChI=1S/C15H25N/c1-11-9-13(3)14(10-12(11)2)15(4,5)7-8-16-6/h9-10,16H,7-8H2,1-6H3. The van der Waals surface area contributed by atoms with Crippen LogP contribution in [-0.2, 0) is 5.41 Å². The fourth-order valence-corrected chi connectivity index (χ4v) is 2.26. The largest absolute Gasteiger partial charge is 0.320 e. The van der Waals surface area contributed by atoms with Crippen molar-refractivity contribution >= 4 is 0 Å². The van der Waals surface area contributed by atoms with Crippen LogP contribution in [-0.4, -0.2) is 13.6 Å². The van der Waals surface area contributed by atoms with Crippen molar-refractivity contribution in [3.05, 3.63) is 34.4 Å². The van der Waals surface area contributed by atoms with Crippen molar-refractivity contribution in [2.75, 3.05) is 13.6 Å². The van der Waals surface area contributed by atoms with Gasteiger partial charge in [-0.25, -0.2) is 0 Å². The number of aryl methyl sites for hydroxylation is 3. The van der Waals surface area contributed by atoms with Gasteiger partial charge < -0.3 is 5.32 Å². The van der Waals surface area contributed by atoms with Gasteiger partial charge in [0.05, 0.1) is 0 Å². The van der Waals surface area contributed by atoms with Crippen molar-refractivity contribution < 1.29 is 0 Å². The van der Waals surface area contributed by atoms with Crippen molar-refractivity contribution in [3.63, 3.8) is 0 Å². The maximum Gasteiger partial charge on any atom is -0.00436 e. The second kappa shape index (κ2) is 5.01. The Morgan fingerprint density at radius 3 is 2.12 bits per heavy atom. The zero-order chi connectivity index (χ0) is 12.3. The maximum atomic E-state index is 3.24. The molecule has 0 saturated heterocycles. The number of hydrogen-bond donors (Lipinski definition) is 1. The number of benzene rings is 1. The summed E-state index contributed by atoms with van der Waals surface area (Å²) in [6.07, 6.45) is 1.17. The van der Waals surface area contributed by atoms with E-state index < -0.39 is 0 Å². The molecular weight excluding hydrogens is 194 g/mol. The van der Waals surface area contributed by atoms with Crippen LogP contribution in [0.4, 0.5) is 0 Å². The molecule has 16 heavy (non-hydrogen) atoms. The quantitative estimate of drug-likeness (QED) is 0.817. The molecule has 1 N–H and O–H groups in total. The predicted molar refractivity (Wildman–Crippen MR) is 72.2 cm³/mol. The van der Waals surface area contributed by atoms with Gasteiger partial charge in [-0.15, -0.1) is 0 Å². The summed E-state index contributed by atoms with van der Waals surface area (Å²) in [6, 6.07) is 4.67. The third-order valence-corrected chi connectivity index (χ3v) is 3.57. The first kappa shape index (κ1) is 13.2. The van der Waals surface area contributed by atoms with E-state index in [0.717, 1.165) is 6.54 Å². The van der Waals surface area contributed by atoms with E-state index in [1.807, 2.05) is 7.05 Å². The molecule has 0 radical (unpaired) electrons. The predicted octanol–water partition coefficient (Wildman–Crippen LogP) is 3.50. The first-order valence-electron chi connectivity index (χ1n) is 6.11. The molecule has 0 unspecified atom stereocenters. The average molecular weight is 219 g/mol. The van der Waals surface area contributed by atoms with Gasteiger partial charge in [0, 0.05) is 0 Å². The molecule has 1 rings (SSSR count). The average Bonchev–Trinajstić information content (AvgIpc) is 2.20. The van der Waals surface area contributed by atoms with Crippen molar-refractivity contribution in [1.29, 1.82) is 0 Å². The van der Waals surface area contributed by atoms with Crippen molar-refractivity contribution in [2.45, 2.75) is 46.5 Å². The highest BCUT2D eigenvalue weighted by Gasteiger charge is 2.22. The van der Waals surface area contributed by atoms with Gasteiger partial charge in [-0.2, -0.15) is 0 Å². The molecule has 0 heterocycles. The highest BCUT2D eigenvalue weighted by Crippen LogP contribution is 2.31. The molecule has 0 saturated carbocycles. The van der Waals surface area contributed by atoms with Crippen molar-refractivity contribution in [2.24, 2.45) is 0 Å². The van der Waals surface area contributed by atoms with E-state index in [0.29, 0.717) is 0 Å². The summed E-state index contributed by atoms with van der Waals surface area (Å²) < 4.78 is 0. The minimum absolute atomic E-state index is 0.256. The van der Waals surface area contributed by atoms with Gasteiger partial charge in [-0.3, -0.25) is 0 Å². The van der Waals surface area contributed by atoms with Gasteiger partial charge in [-0.1, -0.05) is 26.0 Å². The molecule has 0 amide bonds. The lowest BCUT2D eigenvalue weighted by Gasteiger charge is -2.28. The van der Waals surface area contributed by atoms with Gasteiger partial charge in [0.25, 0.3) is 0 Å². The summed E-state index contributed by atoms with van der Waals surface area (Å²) in [4.78, 5) is 0. The Kier molecular flexibility index (Phi) is 4.15. The molecule has 0 aliphatic heterocycles. The van der Waals surface area contributed by atoms with E-state index in [9.17, 15) is 0 Å². The molecule has 90 valence electrons. The van der Waals surface area contributed by atoms with Crippen molar-refractivity contribution in [1.82, 2.24) is 5.32 Å². The number of rotatable bonds is 4. The van der Waals surface area contributed by atoms with Crippen molar-refractivity contribution in [3.8, 4) is 0 Å². The lowest BCUT2D eigenvalue weighted by Crippen LogP contribution is -2.24. The molecule has 0 aliphatic rings. The minimum Gasteiger partial charge on any atom is -0.320 e. The first-order valence-corrected chi connectivity index (χ1v) is 6.11. The monoisotopic (exact) mass is 219 g/mol. The lowest BCUT2D eigenvalue weighted by molar-refractivity contribution is 0.466. The molecule has 0 aliphatic carbocycles. The van der Waals surface area contributed by atoms with Crippen LogP contribution < -0.4 is 5.32 Å². The first-order chi connectivity index (χ1) is 7.38. The van der Waals surface area contributed by atoms with Gasteiger partial charge >= 0.3 is 0 Å². The summed E-state index contributed by atoms with van der Waals surface area (Å²) in [5.74, 6) is 0. The van der Waals surface area contributed by atoms with Crippen LogP contribution in [0.5, 0.6) is 0 Å². The molecule has 0 fully saturated rings. The van der Waals surface area contributed by atoms with Crippen LogP contribution in [0.3, 0.4) is 0 Å². The number of nitrogens with one attached hydrogen (secondary N) is 1. The molecule has 1 nitrogen and oxygen atoms in total. The van der Waals surface area contributed by atoms with Crippen LogP contribution in [0.1, 0.15) is 42.5 Å². The SMILES string of the molecule is CNCCC(C)(C)c1cc(C)c(C)cc1C. The number of hydrogen-bond acceptors (Lipinski definition) is 1. The van der Waals surface area contributed by atoms with Gasteiger partial charge in [0.1, 0.15) is 0 Å². The molecule has 1 aromatic rings. The van der Waals surface area contributed by atoms with E-state index in [-0.39, 0.29) is 5.41 Å². The van der Waals surface area contributed by atoms with E-state index in [1.165, 1.54) is 28.7 Å². The van der Waals surface area contributed by atoms with Gasteiger partial charge in [0.15, 0.2) is 0 Å². The molecule has 1 aromatic carbocycles. The normalized spacial score (nSPS) is 11.9.